The first-order chi connectivity index (χ1) is 33.7. The van der Waals surface area contributed by atoms with E-state index in [-0.39, 0.29) is 19.8 Å². The molecular weight excluding hydrogens is 968 g/mol. The molecule has 6 aliphatic rings. The number of rotatable bonds is 14. The van der Waals surface area contributed by atoms with Crippen molar-refractivity contribution in [1.82, 2.24) is 39.2 Å². The van der Waals surface area contributed by atoms with Crippen LogP contribution in [0.5, 0.6) is 0 Å². The van der Waals surface area contributed by atoms with Gasteiger partial charge in [-0.25, -0.2) is 36.2 Å². The summed E-state index contributed by atoms with van der Waals surface area (Å²) >= 11 is 12.7. The van der Waals surface area contributed by atoms with E-state index in [2.05, 4.69) is 111 Å². The summed E-state index contributed by atoms with van der Waals surface area (Å²) in [6.07, 6.45) is 7.94. The average molecular weight is 1030 g/mol. The van der Waals surface area contributed by atoms with Crippen LogP contribution in [0, 0.1) is 0 Å². The lowest BCUT2D eigenvalue weighted by Gasteiger charge is -2.27. The van der Waals surface area contributed by atoms with Gasteiger partial charge in [0, 0.05) is 37.6 Å². The molecule has 6 aromatic rings. The second-order valence-corrected chi connectivity index (χ2v) is 22.5. The second kappa shape index (κ2) is 21.1. The van der Waals surface area contributed by atoms with Crippen molar-refractivity contribution in [2.24, 2.45) is 0 Å². The molecule has 4 bridgehead atoms. The fourth-order valence-corrected chi connectivity index (χ4v) is 12.3. The van der Waals surface area contributed by atoms with Gasteiger partial charge in [-0.3, -0.25) is 0 Å². The highest BCUT2D eigenvalue weighted by molar-refractivity contribution is 7.90. The number of hydrogen-bond donors (Lipinski definition) is 6. The molecule has 12 rings (SSSR count). The van der Waals surface area contributed by atoms with Crippen molar-refractivity contribution in [2.45, 2.75) is 73.0 Å². The van der Waals surface area contributed by atoms with Gasteiger partial charge in [-0.15, -0.1) is 0 Å². The average Bonchev–Trinajstić information content (AvgIpc) is 3.85. The zero-order valence-electron chi connectivity index (χ0n) is 39.5. The zero-order valence-corrected chi connectivity index (χ0v) is 42.7. The maximum absolute atomic E-state index is 12.4. The zero-order chi connectivity index (χ0) is 49.2. The summed E-state index contributed by atoms with van der Waals surface area (Å²) in [6.45, 7) is 11.1. The Morgan fingerprint density at radius 3 is 1.27 bits per heavy atom. The van der Waals surface area contributed by atoms with Crippen LogP contribution in [0.1, 0.15) is 85.5 Å². The number of nitrogens with one attached hydrogen (secondary N) is 6. The predicted octanol–water partition coefficient (Wildman–Crippen LogP) is 9.64. The second-order valence-electron chi connectivity index (χ2n) is 18.0. The number of hydrogen-bond acceptors (Lipinski definition) is 14. The molecule has 0 saturated carbocycles. The summed E-state index contributed by atoms with van der Waals surface area (Å²) in [5.41, 5.74) is 8.34. The summed E-state index contributed by atoms with van der Waals surface area (Å²) in [7, 11) is -4.58. The number of halogens is 2. The third-order valence-corrected chi connectivity index (χ3v) is 17.4. The number of anilines is 8. The van der Waals surface area contributed by atoms with E-state index in [1.165, 1.54) is 86.6 Å². The van der Waals surface area contributed by atoms with E-state index in [4.69, 9.17) is 23.2 Å². The van der Waals surface area contributed by atoms with Crippen LogP contribution in [0.15, 0.2) is 107 Å². The minimum atomic E-state index is -3.66. The van der Waals surface area contributed by atoms with Crippen LogP contribution < -0.4 is 30.7 Å². The quantitative estimate of drug-likeness (QED) is 0.0603. The number of para-hydroxylation sites is 2. The molecule has 2 fully saturated rings. The van der Waals surface area contributed by atoms with Gasteiger partial charge in [0.2, 0.25) is 31.9 Å². The van der Waals surface area contributed by atoms with Crippen LogP contribution in [0.4, 0.5) is 46.3 Å². The highest BCUT2D eigenvalue weighted by atomic mass is 35.5. The van der Waals surface area contributed by atoms with Gasteiger partial charge >= 0.3 is 0 Å². The Morgan fingerprint density at radius 2 is 0.900 bits per heavy atom. The molecule has 2 aromatic heterocycles. The van der Waals surface area contributed by atoms with Crippen molar-refractivity contribution in [3.8, 4) is 0 Å². The number of nitrogens with zero attached hydrogens (tertiary/aromatic N) is 6. The number of benzene rings is 4. The van der Waals surface area contributed by atoms with E-state index in [0.717, 1.165) is 50.6 Å². The van der Waals surface area contributed by atoms with Crippen molar-refractivity contribution in [3.63, 3.8) is 0 Å². The van der Waals surface area contributed by atoms with E-state index in [1.54, 1.807) is 36.4 Å². The molecule has 0 radical (unpaired) electrons. The van der Waals surface area contributed by atoms with E-state index in [0.29, 0.717) is 58.6 Å². The Labute approximate surface area is 420 Å². The molecule has 0 amide bonds. The number of aromatic nitrogens is 4. The topological polar surface area (TPSA) is 198 Å². The smallest absolute Gasteiger partial charge is 0.242 e. The summed E-state index contributed by atoms with van der Waals surface area (Å²) in [5, 5.41) is 13.3. The van der Waals surface area contributed by atoms with Gasteiger partial charge in [-0.2, -0.15) is 9.97 Å². The lowest BCUT2D eigenvalue weighted by atomic mass is 9.78. The summed E-state index contributed by atoms with van der Waals surface area (Å²) in [4.78, 5) is 23.0. The molecule has 16 nitrogen and oxygen atoms in total. The van der Waals surface area contributed by atoms with Crippen LogP contribution in [-0.4, -0.2) is 99.9 Å². The fraction of sp³-hybridized carbons (Fsp3) is 0.360. The van der Waals surface area contributed by atoms with Gasteiger partial charge in [0.05, 0.1) is 23.8 Å². The third kappa shape index (κ3) is 10.7. The van der Waals surface area contributed by atoms with Crippen molar-refractivity contribution in [2.75, 3.05) is 74.6 Å². The minimum absolute atomic E-state index is 0.105. The van der Waals surface area contributed by atoms with Gasteiger partial charge in [0.1, 0.15) is 19.8 Å². The molecule has 368 valence electrons. The molecule has 0 spiro atoms. The van der Waals surface area contributed by atoms with Crippen LogP contribution in [0.3, 0.4) is 0 Å². The van der Waals surface area contributed by atoms with Crippen molar-refractivity contribution >= 4 is 89.5 Å². The van der Waals surface area contributed by atoms with Crippen LogP contribution >= 0.6 is 23.2 Å². The standard InChI is InChI=1S/2C25H29ClN6O2S/c2*1-3-32-14-16-8-9-17(15-32)20-12-18(10-11-19(16)20)29-25-28-13-21(26)24(31-25)30-22-6-4-5-7-23(22)35(33,34)27-2/h2*4-7,10-13,16-17,27H,3,8-9,14-15H2,1-2H3,(H2,28,29,30,31). The minimum Gasteiger partial charge on any atom is -0.338 e. The van der Waals surface area contributed by atoms with Crippen molar-refractivity contribution in [3.05, 3.63) is 130 Å². The van der Waals surface area contributed by atoms with E-state index in [9.17, 15) is 16.8 Å². The Morgan fingerprint density at radius 1 is 0.529 bits per heavy atom. The van der Waals surface area contributed by atoms with E-state index >= 15 is 0 Å². The van der Waals surface area contributed by atoms with Crippen LogP contribution in [-0.2, 0) is 20.0 Å². The van der Waals surface area contributed by atoms with E-state index in [1.807, 2.05) is 0 Å². The Balaban J connectivity index is 0.000000174. The largest absolute Gasteiger partial charge is 0.338 e. The number of likely N-dealkylation sites (N-methyl/N-ethyl adjacent to an activating group) is 2. The van der Waals surface area contributed by atoms with Gasteiger partial charge in [-0.05, 0) is 147 Å². The molecule has 4 aliphatic heterocycles. The first kappa shape index (κ1) is 49.5. The molecular formula is C50H58Cl2N12O4S2. The molecule has 6 heterocycles. The highest BCUT2D eigenvalue weighted by Gasteiger charge is 2.35. The van der Waals surface area contributed by atoms with Gasteiger partial charge in [0.25, 0.3) is 0 Å². The molecule has 4 atom stereocenters. The highest BCUT2D eigenvalue weighted by Crippen LogP contribution is 2.45. The fourth-order valence-electron chi connectivity index (χ4n) is 10.2. The molecule has 20 heteroatoms. The van der Waals surface area contributed by atoms with Crippen molar-refractivity contribution < 1.29 is 16.8 Å². The Bertz CT molecular complexity index is 2910. The maximum Gasteiger partial charge on any atom is 0.242 e. The van der Waals surface area contributed by atoms with Gasteiger partial charge < -0.3 is 31.1 Å². The first-order valence-electron chi connectivity index (χ1n) is 23.7. The molecule has 6 N–H and O–H groups in total. The maximum atomic E-state index is 12.4. The summed E-state index contributed by atoms with van der Waals surface area (Å²) in [6, 6.07) is 26.3. The first-order valence-corrected chi connectivity index (χ1v) is 27.4. The molecule has 2 aliphatic carbocycles. The molecule has 70 heavy (non-hydrogen) atoms. The van der Waals surface area contributed by atoms with Gasteiger partial charge in [0.15, 0.2) is 11.6 Å². The Kier molecular flexibility index (Phi) is 14.9. The predicted molar refractivity (Wildman–Crippen MR) is 279 cm³/mol. The lowest BCUT2D eigenvalue weighted by molar-refractivity contribution is 0.285. The number of fused-ring (bicyclic) bond motifs is 6. The van der Waals surface area contributed by atoms with Crippen LogP contribution in [0.2, 0.25) is 10.0 Å². The van der Waals surface area contributed by atoms with Crippen molar-refractivity contribution in [1.29, 1.82) is 0 Å². The van der Waals surface area contributed by atoms with Gasteiger partial charge in [-0.1, -0.05) is 73.4 Å². The Hall–Kier alpha value is -5.44. The summed E-state index contributed by atoms with van der Waals surface area (Å²) in [5.74, 6) is 3.65. The van der Waals surface area contributed by atoms with E-state index < -0.39 is 20.0 Å². The monoisotopic (exact) mass is 1020 g/mol. The molecule has 2 saturated heterocycles. The van der Waals surface area contributed by atoms with Crippen LogP contribution in [0.25, 0.3) is 0 Å². The lowest BCUT2D eigenvalue weighted by Crippen LogP contribution is -2.27. The molecule has 4 aromatic carbocycles. The SMILES string of the molecule is CCN1CC2CCC(C1)c1cc(Nc3ncc(Cl)c(Nc4ccccc4S(=O)(=O)NC)n3)ccc12.CCN1CC2CCC(C1)c1cc(Nc3ncc(Cl)c(Nc4ccccc4S(=O)(=O)NC)n3)ccc12. The normalized spacial score (nSPS) is 19.7. The third-order valence-electron chi connectivity index (χ3n) is 13.9. The summed E-state index contributed by atoms with van der Waals surface area (Å²) < 4.78 is 54.3. The molecule has 4 unspecified atom stereocenters. The number of sulfonamides is 2.